The quantitative estimate of drug-likeness (QED) is 0.147. The van der Waals surface area contributed by atoms with Crippen molar-refractivity contribution in [3.63, 3.8) is 0 Å². The lowest BCUT2D eigenvalue weighted by molar-refractivity contribution is -0.110. The number of benzene rings is 1. The van der Waals surface area contributed by atoms with Crippen LogP contribution in [0.1, 0.15) is 111 Å². The summed E-state index contributed by atoms with van der Waals surface area (Å²) in [4.78, 5) is -0.178. The highest BCUT2D eigenvalue weighted by atomic mass is 32.2. The van der Waals surface area contributed by atoms with Crippen LogP contribution in [0.3, 0.4) is 0 Å². The van der Waals surface area contributed by atoms with Gasteiger partial charge in [-0.05, 0) is 129 Å². The predicted molar refractivity (Wildman–Crippen MR) is 175 cm³/mol. The lowest BCUT2D eigenvalue weighted by atomic mass is 9.47. The third-order valence-corrected chi connectivity index (χ3v) is 13.7. The molecule has 0 aromatic heterocycles. The first-order valence-electron chi connectivity index (χ1n) is 16.4. The first kappa shape index (κ1) is 33.6. The van der Waals surface area contributed by atoms with Crippen LogP contribution in [0.2, 0.25) is 0 Å². The third kappa shape index (κ3) is 7.31. The van der Waals surface area contributed by atoms with E-state index in [1.807, 2.05) is 6.92 Å². The second kappa shape index (κ2) is 13.4. The maximum atomic E-state index is 10.4. The Balaban J connectivity index is 0.000000310. The van der Waals surface area contributed by atoms with Gasteiger partial charge in [0.1, 0.15) is 10.1 Å². The molecule has 1 aromatic carbocycles. The van der Waals surface area contributed by atoms with E-state index in [4.69, 9.17) is 11.1 Å². The van der Waals surface area contributed by atoms with Gasteiger partial charge in [0.15, 0.2) is 0 Å². The fourth-order valence-corrected chi connectivity index (χ4v) is 11.0. The summed E-state index contributed by atoms with van der Waals surface area (Å²) in [6.45, 7) is 14.5. The maximum Gasteiger partial charge on any atom is 0.300 e. The van der Waals surface area contributed by atoms with Crippen LogP contribution in [-0.4, -0.2) is 23.4 Å². The van der Waals surface area contributed by atoms with Crippen molar-refractivity contribution in [2.45, 2.75) is 122 Å². The summed E-state index contributed by atoms with van der Waals surface area (Å²) < 4.78 is 31.2. The van der Waals surface area contributed by atoms with Crippen LogP contribution < -0.4 is 11.1 Å². The molecule has 8 atom stereocenters. The van der Waals surface area contributed by atoms with Gasteiger partial charge in [-0.3, -0.25) is 11.1 Å². The number of hydrogen-bond acceptors (Lipinski definition) is 4. The number of thioether (sulfide) groups is 1. The van der Waals surface area contributed by atoms with Crippen molar-refractivity contribution < 1.29 is 18.4 Å². The van der Waals surface area contributed by atoms with Gasteiger partial charge < -0.3 is 4.55 Å². The molecule has 0 bridgehead atoms. The SMILES string of the molecule is CC(C)CCCC(C)C1CCC2C3CC=C4CC(SC(N)=[NH2+])CCC4(C)C3CCC12C.Cc1ccc(S(=O)(=O)[O-])cc1. The highest BCUT2D eigenvalue weighted by Gasteiger charge is 2.59. The van der Waals surface area contributed by atoms with Crippen molar-refractivity contribution in [1.29, 1.82) is 0 Å². The minimum atomic E-state index is -4.27. The molecule has 5 nitrogen and oxygen atoms in total. The number of allylic oxidation sites excluding steroid dienone is 2. The zero-order valence-corrected chi connectivity index (χ0v) is 28.5. The van der Waals surface area contributed by atoms with Crippen molar-refractivity contribution in [1.82, 2.24) is 0 Å². The van der Waals surface area contributed by atoms with Gasteiger partial charge in [-0.15, -0.1) is 0 Å². The van der Waals surface area contributed by atoms with Gasteiger partial charge in [0.05, 0.1) is 4.90 Å². The molecular weight excluding hydrogens is 561 g/mol. The molecule has 0 amide bonds. The number of amidine groups is 1. The van der Waals surface area contributed by atoms with Crippen molar-refractivity contribution in [3.8, 4) is 0 Å². The molecule has 0 radical (unpaired) electrons. The first-order chi connectivity index (χ1) is 19.6. The van der Waals surface area contributed by atoms with Gasteiger partial charge in [0, 0.05) is 5.25 Å². The van der Waals surface area contributed by atoms with Gasteiger partial charge in [0.25, 0.3) is 5.17 Å². The molecule has 236 valence electrons. The molecule has 5 rings (SSSR count). The zero-order valence-electron chi connectivity index (χ0n) is 26.9. The Kier molecular flexibility index (Phi) is 10.7. The van der Waals surface area contributed by atoms with E-state index >= 15 is 0 Å². The lowest BCUT2D eigenvalue weighted by Gasteiger charge is -2.58. The standard InChI is InChI=1S/C28H48N2S.C7H8O3S/c1-18(2)7-6-8-19(3)23-11-12-24-22-10-9-20-17-21(31-26(29)30)13-15-27(20,4)25(22)14-16-28(23,24)5;1-6-2-4-7(5-3-6)11(8,9)10/h9,18-19,21-25H,6-8,10-17H2,1-5H3,(H3,29,30);2-5H,1H3,(H,8,9,10). The van der Waals surface area contributed by atoms with Crippen molar-refractivity contribution in [2.24, 2.45) is 52.1 Å². The second-order valence-electron chi connectivity index (χ2n) is 14.9. The molecule has 4 aliphatic carbocycles. The molecule has 0 saturated heterocycles. The van der Waals surface area contributed by atoms with Crippen LogP contribution in [0.25, 0.3) is 0 Å². The Morgan fingerprint density at radius 2 is 1.74 bits per heavy atom. The van der Waals surface area contributed by atoms with E-state index in [0.717, 1.165) is 41.1 Å². The minimum Gasteiger partial charge on any atom is -0.744 e. The number of rotatable bonds is 7. The van der Waals surface area contributed by atoms with E-state index in [-0.39, 0.29) is 4.90 Å². The summed E-state index contributed by atoms with van der Waals surface area (Å²) in [6.07, 6.45) is 18.0. The average Bonchev–Trinajstić information content (AvgIpc) is 3.26. The number of hydrogen-bond donors (Lipinski definition) is 2. The highest BCUT2D eigenvalue weighted by molar-refractivity contribution is 8.14. The van der Waals surface area contributed by atoms with E-state index < -0.39 is 10.1 Å². The molecule has 3 fully saturated rings. The molecule has 0 aliphatic heterocycles. The monoisotopic (exact) mass is 616 g/mol. The Morgan fingerprint density at radius 1 is 1.05 bits per heavy atom. The fraction of sp³-hybridized carbons (Fsp3) is 0.743. The average molecular weight is 617 g/mol. The Hall–Kier alpha value is -1.31. The van der Waals surface area contributed by atoms with Crippen molar-refractivity contribution >= 4 is 27.0 Å². The zero-order chi connectivity index (χ0) is 30.9. The van der Waals surface area contributed by atoms with E-state index in [1.54, 1.807) is 29.5 Å². The van der Waals surface area contributed by atoms with Gasteiger partial charge in [-0.25, -0.2) is 8.42 Å². The van der Waals surface area contributed by atoms with Crippen molar-refractivity contribution in [2.75, 3.05) is 0 Å². The summed E-state index contributed by atoms with van der Waals surface area (Å²) in [5, 5.41) is 6.97. The first-order valence-corrected chi connectivity index (χ1v) is 18.7. The van der Waals surface area contributed by atoms with Crippen LogP contribution in [0.5, 0.6) is 0 Å². The predicted octanol–water partition coefficient (Wildman–Crippen LogP) is 7.10. The fourth-order valence-electron chi connectivity index (χ4n) is 9.65. The summed E-state index contributed by atoms with van der Waals surface area (Å²) in [6, 6.07) is 5.78. The smallest absolute Gasteiger partial charge is 0.300 e. The van der Waals surface area contributed by atoms with Crippen LogP contribution in [-0.2, 0) is 10.1 Å². The number of nitrogens with two attached hydrogens (primary N) is 2. The largest absolute Gasteiger partial charge is 0.744 e. The van der Waals surface area contributed by atoms with Crippen LogP contribution in [0, 0.1) is 53.3 Å². The normalized spacial score (nSPS) is 34.8. The van der Waals surface area contributed by atoms with Crippen LogP contribution in [0.15, 0.2) is 40.8 Å². The number of aryl methyl sites for hydroxylation is 1. The van der Waals surface area contributed by atoms with E-state index in [1.165, 1.54) is 82.8 Å². The van der Waals surface area contributed by atoms with Crippen LogP contribution >= 0.6 is 11.8 Å². The third-order valence-electron chi connectivity index (χ3n) is 11.9. The summed E-state index contributed by atoms with van der Waals surface area (Å²) in [7, 11) is -4.27. The lowest BCUT2D eigenvalue weighted by Crippen LogP contribution is -2.51. The second-order valence-corrected chi connectivity index (χ2v) is 17.7. The maximum absolute atomic E-state index is 10.4. The Labute approximate surface area is 260 Å². The molecule has 8 unspecified atom stereocenters. The molecule has 3 saturated carbocycles. The minimum absolute atomic E-state index is 0.178. The van der Waals surface area contributed by atoms with Gasteiger partial charge >= 0.3 is 0 Å². The molecule has 0 spiro atoms. The molecule has 4 N–H and O–H groups in total. The molecular formula is C35H56N2O3S2. The van der Waals surface area contributed by atoms with E-state index in [9.17, 15) is 13.0 Å². The molecule has 7 heteroatoms. The van der Waals surface area contributed by atoms with Crippen molar-refractivity contribution in [3.05, 3.63) is 41.5 Å². The van der Waals surface area contributed by atoms with E-state index in [0.29, 0.717) is 21.2 Å². The van der Waals surface area contributed by atoms with Gasteiger partial charge in [0.2, 0.25) is 0 Å². The Morgan fingerprint density at radius 3 is 2.36 bits per heavy atom. The molecule has 0 heterocycles. The summed E-state index contributed by atoms with van der Waals surface area (Å²) in [5.74, 6) is 5.51. The summed E-state index contributed by atoms with van der Waals surface area (Å²) in [5.41, 5.74) is 9.53. The van der Waals surface area contributed by atoms with E-state index in [2.05, 4.69) is 40.7 Å². The molecule has 42 heavy (non-hydrogen) atoms. The highest BCUT2D eigenvalue weighted by Crippen LogP contribution is 2.67. The molecule has 4 aliphatic rings. The summed E-state index contributed by atoms with van der Waals surface area (Å²) >= 11 is 1.72. The van der Waals surface area contributed by atoms with Gasteiger partial charge in [-0.2, -0.15) is 0 Å². The van der Waals surface area contributed by atoms with Gasteiger partial charge in [-0.1, -0.05) is 83.2 Å². The number of fused-ring (bicyclic) bond motifs is 5. The topological polar surface area (TPSA) is 109 Å². The Bertz CT molecular complexity index is 1230. The van der Waals surface area contributed by atoms with Crippen LogP contribution in [0.4, 0.5) is 0 Å². The molecule has 1 aromatic rings.